The molecule has 2 atom stereocenters. The number of nitro benzene ring substituents is 2. The van der Waals surface area contributed by atoms with Crippen LogP contribution in [0, 0.1) is 27.2 Å². The van der Waals surface area contributed by atoms with Gasteiger partial charge >= 0.3 is 5.69 Å². The zero-order valence-electron chi connectivity index (χ0n) is 31.7. The number of benzene rings is 2. The Bertz CT molecular complexity index is 1750. The van der Waals surface area contributed by atoms with Gasteiger partial charge in [-0.2, -0.15) is 0 Å². The lowest BCUT2D eigenvalue weighted by Crippen LogP contribution is -3.00. The highest BCUT2D eigenvalue weighted by Crippen LogP contribution is 2.27. The summed E-state index contributed by atoms with van der Waals surface area (Å²) >= 11 is 0. The van der Waals surface area contributed by atoms with E-state index in [4.69, 9.17) is 0 Å². The van der Waals surface area contributed by atoms with Crippen molar-refractivity contribution in [2.45, 2.75) is 111 Å². The summed E-state index contributed by atoms with van der Waals surface area (Å²) < 4.78 is 4.61. The number of para-hydroxylation sites is 2. The van der Waals surface area contributed by atoms with E-state index in [1.165, 1.54) is 4.57 Å². The number of quaternary nitrogens is 2. The van der Waals surface area contributed by atoms with Crippen molar-refractivity contribution in [2.24, 2.45) is 0 Å². The molecule has 12 nitrogen and oxygen atoms in total. The molecule has 1 aliphatic rings. The van der Waals surface area contributed by atoms with Crippen LogP contribution in [0.15, 0.2) is 64.2 Å². The normalized spacial score (nSPS) is 20.9. The highest BCUT2D eigenvalue weighted by Gasteiger charge is 2.31. The standard InChI is InChI=1S/C39H58N6O6.2BrH/c1-4-44(31-34-20-10-12-22-36(34)42(48)49)26-16-6-7-17-27-45(5-2,32-35-21-11-13-23-37(35)43(50)51)29-19-9-15-25-41-38(46)30-33(3)40(39(41)47)24-14-8-18-28-44;;/h10-13,20-23,30H,4-9,14-19,24-29,31-32H2,1-3H3;2*1H/q+2;;/p-2. The molecule has 0 amide bonds. The van der Waals surface area contributed by atoms with Crippen LogP contribution in [0.25, 0.3) is 0 Å². The molecular formula is C39H58Br2N6O6. The molecule has 2 bridgehead atoms. The van der Waals surface area contributed by atoms with Gasteiger partial charge in [-0.05, 0) is 97.1 Å². The van der Waals surface area contributed by atoms with E-state index in [-0.39, 0.29) is 66.4 Å². The number of halogens is 2. The van der Waals surface area contributed by atoms with Gasteiger partial charge in [0, 0.05) is 37.0 Å². The molecule has 0 fully saturated rings. The van der Waals surface area contributed by atoms with Gasteiger partial charge in [0.25, 0.3) is 16.9 Å². The van der Waals surface area contributed by atoms with Crippen molar-refractivity contribution in [3.63, 3.8) is 0 Å². The van der Waals surface area contributed by atoms with E-state index >= 15 is 0 Å². The number of aromatic nitrogens is 2. The quantitative estimate of drug-likeness (QED) is 0.190. The van der Waals surface area contributed by atoms with Crippen LogP contribution in [0.2, 0.25) is 0 Å². The minimum atomic E-state index is -0.287. The number of rotatable bonds is 8. The molecule has 2 heterocycles. The molecule has 0 saturated heterocycles. The van der Waals surface area contributed by atoms with E-state index in [1.807, 2.05) is 31.2 Å². The maximum atomic E-state index is 13.5. The van der Waals surface area contributed by atoms with Crippen LogP contribution in [0.3, 0.4) is 0 Å². The first kappa shape index (κ1) is 46.0. The van der Waals surface area contributed by atoms with Gasteiger partial charge in [-0.15, -0.1) is 0 Å². The second kappa shape index (κ2) is 22.2. The van der Waals surface area contributed by atoms with Gasteiger partial charge in [0.2, 0.25) is 0 Å². The second-order valence-corrected chi connectivity index (χ2v) is 14.5. The number of aryl methyl sites for hydroxylation is 1. The van der Waals surface area contributed by atoms with Gasteiger partial charge in [-0.3, -0.25) is 34.2 Å². The maximum Gasteiger partial charge on any atom is 0.331 e. The van der Waals surface area contributed by atoms with Crippen molar-refractivity contribution in [2.75, 3.05) is 39.3 Å². The molecule has 2 unspecified atom stereocenters. The molecule has 0 aliphatic carbocycles. The van der Waals surface area contributed by atoms with Crippen LogP contribution in [0.5, 0.6) is 0 Å². The van der Waals surface area contributed by atoms with Gasteiger partial charge in [0.1, 0.15) is 13.1 Å². The third-order valence-electron chi connectivity index (χ3n) is 11.3. The molecule has 0 radical (unpaired) electrons. The number of nitrogens with zero attached hydrogens (tertiary/aromatic N) is 6. The van der Waals surface area contributed by atoms with E-state index in [0.29, 0.717) is 38.3 Å². The van der Waals surface area contributed by atoms with Crippen LogP contribution >= 0.6 is 0 Å². The van der Waals surface area contributed by atoms with E-state index in [1.54, 1.807) is 34.9 Å². The lowest BCUT2D eigenvalue weighted by Gasteiger charge is -2.39. The first-order valence-electron chi connectivity index (χ1n) is 19.0. The Morgan fingerprint density at radius 3 is 1.38 bits per heavy atom. The van der Waals surface area contributed by atoms with Crippen molar-refractivity contribution in [1.29, 1.82) is 0 Å². The molecule has 294 valence electrons. The SMILES string of the molecule is CC[N+]1(Cc2ccccc2[N+](=O)[O-])CCCCCC[N+](CC)(Cc2ccccc2[N+](=O)[O-])CCCCCn2c(=O)cc(C)n(c2=O)CCCCC1.[Br-].[Br-]. The molecule has 1 aromatic heterocycles. The van der Waals surface area contributed by atoms with Gasteiger partial charge in [0.15, 0.2) is 0 Å². The third-order valence-corrected chi connectivity index (χ3v) is 11.3. The topological polar surface area (TPSA) is 130 Å². The summed E-state index contributed by atoms with van der Waals surface area (Å²) in [6.45, 7) is 13.6. The summed E-state index contributed by atoms with van der Waals surface area (Å²) in [5.41, 5.74) is 2.00. The summed E-state index contributed by atoms with van der Waals surface area (Å²) in [5, 5.41) is 23.8. The van der Waals surface area contributed by atoms with Crippen molar-refractivity contribution in [1.82, 2.24) is 9.13 Å². The Morgan fingerprint density at radius 1 is 0.604 bits per heavy atom. The fraction of sp³-hybridized carbons (Fsp3) is 0.590. The first-order chi connectivity index (χ1) is 24.5. The van der Waals surface area contributed by atoms with Crippen molar-refractivity contribution < 1.29 is 52.8 Å². The summed E-state index contributed by atoms with van der Waals surface area (Å²) in [6, 6.07) is 15.7. The monoisotopic (exact) mass is 864 g/mol. The second-order valence-electron chi connectivity index (χ2n) is 14.5. The van der Waals surface area contributed by atoms with Crippen LogP contribution in [0.4, 0.5) is 11.4 Å². The smallest absolute Gasteiger partial charge is 0.331 e. The van der Waals surface area contributed by atoms with Crippen molar-refractivity contribution in [3.8, 4) is 0 Å². The number of hydrogen-bond donors (Lipinski definition) is 0. The predicted molar refractivity (Wildman–Crippen MR) is 201 cm³/mol. The molecule has 0 spiro atoms. The maximum absolute atomic E-state index is 13.5. The molecule has 14 heteroatoms. The fourth-order valence-corrected chi connectivity index (χ4v) is 8.00. The molecule has 1 aliphatic heterocycles. The van der Waals surface area contributed by atoms with E-state index in [0.717, 1.165) is 117 Å². The van der Waals surface area contributed by atoms with Crippen molar-refractivity contribution in [3.05, 3.63) is 112 Å². The lowest BCUT2D eigenvalue weighted by molar-refractivity contribution is -0.940. The molecule has 0 N–H and O–H groups in total. The van der Waals surface area contributed by atoms with Crippen LogP contribution < -0.4 is 45.2 Å². The van der Waals surface area contributed by atoms with E-state index in [9.17, 15) is 29.8 Å². The molecule has 2 aromatic carbocycles. The van der Waals surface area contributed by atoms with Crippen LogP contribution in [-0.2, 0) is 26.2 Å². The Morgan fingerprint density at radius 2 is 0.981 bits per heavy atom. The Hall–Kier alpha value is -3.20. The highest BCUT2D eigenvalue weighted by molar-refractivity contribution is 5.40. The third kappa shape index (κ3) is 12.7. The van der Waals surface area contributed by atoms with Crippen molar-refractivity contribution >= 4 is 11.4 Å². The minimum Gasteiger partial charge on any atom is -1.00 e. The number of nitro groups is 2. The highest BCUT2D eigenvalue weighted by atomic mass is 79.9. The molecule has 3 aromatic rings. The van der Waals surface area contributed by atoms with Gasteiger partial charge in [-0.25, -0.2) is 4.79 Å². The summed E-state index contributed by atoms with van der Waals surface area (Å²) in [6.07, 6.45) is 9.24. The Kier molecular flexibility index (Phi) is 19.3. The minimum absolute atomic E-state index is 0. The summed E-state index contributed by atoms with van der Waals surface area (Å²) in [4.78, 5) is 49.7. The first-order valence-corrected chi connectivity index (χ1v) is 19.0. The predicted octanol–water partition coefficient (Wildman–Crippen LogP) is 1.13. The van der Waals surface area contributed by atoms with Gasteiger partial charge in [-0.1, -0.05) is 24.3 Å². The number of hydrogen-bond acceptors (Lipinski definition) is 6. The average molecular weight is 867 g/mol. The zero-order chi connectivity index (χ0) is 36.9. The molecule has 0 saturated carbocycles. The van der Waals surface area contributed by atoms with E-state index in [2.05, 4.69) is 13.8 Å². The zero-order valence-corrected chi connectivity index (χ0v) is 34.9. The Labute approximate surface area is 334 Å². The summed E-state index contributed by atoms with van der Waals surface area (Å²) in [5.74, 6) is 0. The van der Waals surface area contributed by atoms with E-state index < -0.39 is 0 Å². The fourth-order valence-electron chi connectivity index (χ4n) is 8.00. The Balaban J connectivity index is 0.00000486. The van der Waals surface area contributed by atoms with Gasteiger partial charge in [0.05, 0.1) is 60.2 Å². The molecular weight excluding hydrogens is 808 g/mol. The average Bonchev–Trinajstić information content (AvgIpc) is 3.11. The van der Waals surface area contributed by atoms with Crippen LogP contribution in [0.1, 0.15) is 94.9 Å². The van der Waals surface area contributed by atoms with Crippen LogP contribution in [-0.4, -0.2) is 67.2 Å². The summed E-state index contributed by atoms with van der Waals surface area (Å²) in [7, 11) is 0. The number of fused-ring (bicyclic) bond motifs is 2. The molecule has 4 rings (SSSR count). The largest absolute Gasteiger partial charge is 1.00 e. The molecule has 53 heavy (non-hydrogen) atoms. The lowest BCUT2D eigenvalue weighted by atomic mass is 10.1. The van der Waals surface area contributed by atoms with Gasteiger partial charge < -0.3 is 42.9 Å².